The highest BCUT2D eigenvalue weighted by Crippen LogP contribution is 2.27. The monoisotopic (exact) mass is 295 g/mol. The normalized spacial score (nSPS) is 11.3. The van der Waals surface area contributed by atoms with Crippen molar-refractivity contribution >= 4 is 11.5 Å². The molecule has 0 radical (unpaired) electrons. The van der Waals surface area contributed by atoms with Gasteiger partial charge in [0.2, 0.25) is 0 Å². The molecule has 0 fully saturated rings. The molecular weight excluding hydrogens is 262 g/mol. The van der Waals surface area contributed by atoms with Crippen LogP contribution in [0, 0.1) is 0 Å². The van der Waals surface area contributed by atoms with Gasteiger partial charge in [-0.05, 0) is 39.4 Å². The summed E-state index contributed by atoms with van der Waals surface area (Å²) in [7, 11) is 2.00. The summed E-state index contributed by atoms with van der Waals surface area (Å²) in [5.41, 5.74) is 8.22. The molecule has 0 bridgehead atoms. The Balaban J connectivity index is 2.71. The van der Waals surface area contributed by atoms with Crippen molar-refractivity contribution in [3.63, 3.8) is 0 Å². The van der Waals surface area contributed by atoms with Gasteiger partial charge in [0.05, 0.1) is 11.4 Å². The molecule has 5 nitrogen and oxygen atoms in total. The van der Waals surface area contributed by atoms with E-state index in [0.29, 0.717) is 0 Å². The maximum atomic E-state index is 6.32. The molecule has 0 saturated carbocycles. The minimum absolute atomic E-state index is 0.865. The summed E-state index contributed by atoms with van der Waals surface area (Å²) in [4.78, 5) is 4.81. The predicted molar refractivity (Wildman–Crippen MR) is 91.9 cm³/mol. The van der Waals surface area contributed by atoms with Gasteiger partial charge in [-0.15, -0.1) is 0 Å². The summed E-state index contributed by atoms with van der Waals surface area (Å²) in [5, 5.41) is 4.58. The molecule has 0 aliphatic heterocycles. The molecule has 0 aliphatic rings. The molecule has 1 heterocycles. The second kappa shape index (κ2) is 8.93. The minimum atomic E-state index is 0.865. The number of nitrogens with two attached hydrogens (primary N) is 1. The van der Waals surface area contributed by atoms with Crippen LogP contribution in [0.5, 0.6) is 0 Å². The van der Waals surface area contributed by atoms with Gasteiger partial charge in [-0.3, -0.25) is 4.68 Å². The van der Waals surface area contributed by atoms with E-state index >= 15 is 0 Å². The molecule has 5 heteroatoms. The number of rotatable bonds is 10. The van der Waals surface area contributed by atoms with Gasteiger partial charge >= 0.3 is 0 Å². The Bertz CT molecular complexity index is 409. The molecule has 0 aliphatic carbocycles. The summed E-state index contributed by atoms with van der Waals surface area (Å²) >= 11 is 0. The van der Waals surface area contributed by atoms with Crippen LogP contribution in [0.1, 0.15) is 46.2 Å². The van der Waals surface area contributed by atoms with Crippen molar-refractivity contribution in [2.24, 2.45) is 7.05 Å². The standard InChI is InChI=1S/C16H33N5/c1-6-11-14-15(17)16(19(5)18-14)21(9-4)13-10-12-20(7-2)8-3/h6-13,17H2,1-5H3. The number of nitrogens with zero attached hydrogens (tertiary/aromatic N) is 4. The third-order valence-electron chi connectivity index (χ3n) is 4.09. The average Bonchev–Trinajstić information content (AvgIpc) is 2.75. The van der Waals surface area contributed by atoms with Crippen molar-refractivity contribution in [2.75, 3.05) is 43.4 Å². The van der Waals surface area contributed by atoms with Crippen molar-refractivity contribution in [3.05, 3.63) is 5.69 Å². The van der Waals surface area contributed by atoms with Crippen LogP contribution in [0.15, 0.2) is 0 Å². The molecule has 1 aromatic rings. The van der Waals surface area contributed by atoms with Crippen LogP contribution < -0.4 is 10.6 Å². The molecule has 0 amide bonds. The first-order valence-corrected chi connectivity index (χ1v) is 8.37. The number of nitrogen functional groups attached to an aromatic ring is 1. The molecule has 0 atom stereocenters. The van der Waals surface area contributed by atoms with E-state index in [-0.39, 0.29) is 0 Å². The second-order valence-corrected chi connectivity index (χ2v) is 5.52. The molecular formula is C16H33N5. The molecule has 2 N–H and O–H groups in total. The van der Waals surface area contributed by atoms with Gasteiger partial charge in [-0.2, -0.15) is 5.10 Å². The second-order valence-electron chi connectivity index (χ2n) is 5.52. The summed E-state index contributed by atoms with van der Waals surface area (Å²) in [6.45, 7) is 14.2. The van der Waals surface area contributed by atoms with Crippen molar-refractivity contribution in [3.8, 4) is 0 Å². The lowest BCUT2D eigenvalue weighted by Gasteiger charge is -2.25. The molecule has 1 rings (SSSR count). The molecule has 1 aromatic heterocycles. The lowest BCUT2D eigenvalue weighted by atomic mass is 10.2. The summed E-state index contributed by atoms with van der Waals surface area (Å²) in [6, 6.07) is 0. The lowest BCUT2D eigenvalue weighted by Crippen LogP contribution is -2.31. The van der Waals surface area contributed by atoms with Crippen molar-refractivity contribution in [1.82, 2.24) is 14.7 Å². The minimum Gasteiger partial charge on any atom is -0.394 e. The lowest BCUT2D eigenvalue weighted by molar-refractivity contribution is 0.300. The fourth-order valence-corrected chi connectivity index (χ4v) is 2.82. The Morgan fingerprint density at radius 2 is 1.71 bits per heavy atom. The average molecular weight is 295 g/mol. The van der Waals surface area contributed by atoms with Gasteiger partial charge in [0.25, 0.3) is 0 Å². The van der Waals surface area contributed by atoms with Gasteiger partial charge in [0.15, 0.2) is 0 Å². The van der Waals surface area contributed by atoms with Gasteiger partial charge in [-0.25, -0.2) is 0 Å². The van der Waals surface area contributed by atoms with Gasteiger partial charge in [0.1, 0.15) is 5.82 Å². The van der Waals surface area contributed by atoms with Crippen LogP contribution >= 0.6 is 0 Å². The topological polar surface area (TPSA) is 50.3 Å². The predicted octanol–water partition coefficient (Wildman–Crippen LogP) is 2.51. The third kappa shape index (κ3) is 4.63. The van der Waals surface area contributed by atoms with E-state index in [2.05, 4.69) is 42.6 Å². The first kappa shape index (κ1) is 17.8. The fraction of sp³-hybridized carbons (Fsp3) is 0.812. The van der Waals surface area contributed by atoms with Crippen molar-refractivity contribution in [1.29, 1.82) is 0 Å². The highest BCUT2D eigenvalue weighted by atomic mass is 15.4. The Labute approximate surface area is 130 Å². The van der Waals surface area contributed by atoms with E-state index in [0.717, 1.165) is 69.2 Å². The van der Waals surface area contributed by atoms with Gasteiger partial charge < -0.3 is 15.5 Å². The van der Waals surface area contributed by atoms with Crippen molar-refractivity contribution < 1.29 is 0 Å². The zero-order valence-electron chi connectivity index (χ0n) is 14.5. The van der Waals surface area contributed by atoms with E-state index < -0.39 is 0 Å². The fourth-order valence-electron chi connectivity index (χ4n) is 2.82. The van der Waals surface area contributed by atoms with Crippen LogP contribution in [-0.4, -0.2) is 47.4 Å². The zero-order valence-corrected chi connectivity index (χ0v) is 14.5. The van der Waals surface area contributed by atoms with E-state index in [1.165, 1.54) is 0 Å². The molecule has 0 aromatic carbocycles. The number of hydrogen-bond acceptors (Lipinski definition) is 4. The number of aromatic nitrogens is 2. The Morgan fingerprint density at radius 1 is 1.05 bits per heavy atom. The Morgan fingerprint density at radius 3 is 2.24 bits per heavy atom. The van der Waals surface area contributed by atoms with Crippen LogP contribution in [0.25, 0.3) is 0 Å². The van der Waals surface area contributed by atoms with Crippen LogP contribution in [0.4, 0.5) is 11.5 Å². The summed E-state index contributed by atoms with van der Waals surface area (Å²) in [6.07, 6.45) is 3.19. The molecule has 0 unspecified atom stereocenters. The van der Waals surface area contributed by atoms with Gasteiger partial charge in [0, 0.05) is 20.1 Å². The quantitative estimate of drug-likeness (QED) is 0.720. The Kier molecular flexibility index (Phi) is 7.57. The number of hydrogen-bond donors (Lipinski definition) is 1. The SMILES string of the molecule is CCCc1nn(C)c(N(CC)CCCN(CC)CC)c1N. The zero-order chi connectivity index (χ0) is 15.8. The van der Waals surface area contributed by atoms with E-state index in [4.69, 9.17) is 5.73 Å². The van der Waals surface area contributed by atoms with Crippen molar-refractivity contribution in [2.45, 2.75) is 47.0 Å². The van der Waals surface area contributed by atoms with Crippen LogP contribution in [0.2, 0.25) is 0 Å². The Hall–Kier alpha value is -1.23. The number of aryl methyl sites for hydroxylation is 2. The van der Waals surface area contributed by atoms with Gasteiger partial charge in [-0.1, -0.05) is 27.2 Å². The van der Waals surface area contributed by atoms with Crippen LogP contribution in [0.3, 0.4) is 0 Å². The maximum Gasteiger partial charge on any atom is 0.150 e. The third-order valence-corrected chi connectivity index (χ3v) is 4.09. The highest BCUT2D eigenvalue weighted by molar-refractivity contribution is 5.66. The molecule has 0 spiro atoms. The molecule has 21 heavy (non-hydrogen) atoms. The smallest absolute Gasteiger partial charge is 0.150 e. The van der Waals surface area contributed by atoms with E-state index in [1.54, 1.807) is 0 Å². The summed E-state index contributed by atoms with van der Waals surface area (Å²) < 4.78 is 1.95. The number of anilines is 2. The van der Waals surface area contributed by atoms with E-state index in [9.17, 15) is 0 Å². The molecule has 122 valence electrons. The molecule has 0 saturated heterocycles. The van der Waals surface area contributed by atoms with Crippen LogP contribution in [-0.2, 0) is 13.5 Å². The van der Waals surface area contributed by atoms with E-state index in [1.807, 2.05) is 11.7 Å². The first-order valence-electron chi connectivity index (χ1n) is 8.37. The summed E-state index contributed by atoms with van der Waals surface area (Å²) in [5.74, 6) is 1.08. The first-order chi connectivity index (χ1) is 10.1. The highest BCUT2D eigenvalue weighted by Gasteiger charge is 2.17. The largest absolute Gasteiger partial charge is 0.394 e. The maximum absolute atomic E-state index is 6.32.